The van der Waals surface area contributed by atoms with Gasteiger partial charge in [-0.15, -0.1) is 0 Å². The van der Waals surface area contributed by atoms with Crippen LogP contribution in [0, 0.1) is 11.3 Å². The van der Waals surface area contributed by atoms with E-state index in [9.17, 15) is 10.1 Å². The highest BCUT2D eigenvalue weighted by Gasteiger charge is 2.10. The molecule has 0 saturated heterocycles. The van der Waals surface area contributed by atoms with Crippen molar-refractivity contribution in [3.05, 3.63) is 64.7 Å². The van der Waals surface area contributed by atoms with Gasteiger partial charge in [-0.05, 0) is 61.9 Å². The Bertz CT molecular complexity index is 785. The summed E-state index contributed by atoms with van der Waals surface area (Å²) in [6.07, 6.45) is 1.58. The fourth-order valence-electron chi connectivity index (χ4n) is 2.42. The molecule has 0 saturated carbocycles. The molecule has 1 amide bonds. The molecule has 0 bridgehead atoms. The summed E-state index contributed by atoms with van der Waals surface area (Å²) < 4.78 is 0. The molecule has 128 valence electrons. The number of nitrogens with zero attached hydrogens (tertiary/aromatic N) is 2. The van der Waals surface area contributed by atoms with E-state index < -0.39 is 5.91 Å². The Balaban J connectivity index is 2.14. The van der Waals surface area contributed by atoms with E-state index in [1.165, 1.54) is 0 Å². The van der Waals surface area contributed by atoms with Gasteiger partial charge in [-0.2, -0.15) is 5.26 Å². The number of hydrogen-bond acceptors (Lipinski definition) is 3. The molecule has 0 fully saturated rings. The average molecular weight is 354 g/mol. The van der Waals surface area contributed by atoms with Gasteiger partial charge in [0, 0.05) is 29.5 Å². The number of nitriles is 1. The summed E-state index contributed by atoms with van der Waals surface area (Å²) >= 11 is 5.82. The number of rotatable bonds is 6. The van der Waals surface area contributed by atoms with E-state index in [1.54, 1.807) is 30.3 Å². The second-order valence-corrected chi connectivity index (χ2v) is 5.83. The van der Waals surface area contributed by atoms with Gasteiger partial charge in [0.25, 0.3) is 5.91 Å². The SMILES string of the molecule is CCN(CC)c1ccc(/C=C(\C#N)C(=O)Nc2ccc(Cl)cc2)cc1. The maximum Gasteiger partial charge on any atom is 0.266 e. The lowest BCUT2D eigenvalue weighted by Crippen LogP contribution is -2.21. The summed E-state index contributed by atoms with van der Waals surface area (Å²) in [5.74, 6) is -0.447. The number of amides is 1. The standard InChI is InChI=1S/C20H20ClN3O/c1-3-24(4-2)19-11-5-15(6-12-19)13-16(14-22)20(25)23-18-9-7-17(21)8-10-18/h5-13H,3-4H2,1-2H3,(H,23,25)/b16-13+. The van der Waals surface area contributed by atoms with Crippen LogP contribution in [0.1, 0.15) is 19.4 Å². The number of benzene rings is 2. The zero-order valence-electron chi connectivity index (χ0n) is 14.3. The highest BCUT2D eigenvalue weighted by atomic mass is 35.5. The first kappa shape index (κ1) is 18.6. The maximum absolute atomic E-state index is 12.3. The van der Waals surface area contributed by atoms with Crippen molar-refractivity contribution in [2.24, 2.45) is 0 Å². The van der Waals surface area contributed by atoms with Crippen LogP contribution in [0.2, 0.25) is 5.02 Å². The monoisotopic (exact) mass is 353 g/mol. The molecule has 5 heteroatoms. The maximum atomic E-state index is 12.3. The van der Waals surface area contributed by atoms with E-state index >= 15 is 0 Å². The molecule has 0 aliphatic rings. The van der Waals surface area contributed by atoms with Crippen molar-refractivity contribution < 1.29 is 4.79 Å². The average Bonchev–Trinajstić information content (AvgIpc) is 2.63. The summed E-state index contributed by atoms with van der Waals surface area (Å²) in [6.45, 7) is 6.07. The van der Waals surface area contributed by atoms with Crippen molar-refractivity contribution in [1.29, 1.82) is 5.26 Å². The first-order chi connectivity index (χ1) is 12.1. The first-order valence-corrected chi connectivity index (χ1v) is 8.49. The zero-order chi connectivity index (χ0) is 18.2. The van der Waals surface area contributed by atoms with Crippen molar-refractivity contribution in [3.63, 3.8) is 0 Å². The second kappa shape index (κ2) is 8.91. The molecule has 25 heavy (non-hydrogen) atoms. The topological polar surface area (TPSA) is 56.1 Å². The summed E-state index contributed by atoms with van der Waals surface area (Å²) in [5.41, 5.74) is 2.56. The van der Waals surface area contributed by atoms with Crippen LogP contribution in [0.3, 0.4) is 0 Å². The Hall–Kier alpha value is -2.77. The van der Waals surface area contributed by atoms with Crippen LogP contribution >= 0.6 is 11.6 Å². The molecular weight excluding hydrogens is 334 g/mol. The third-order valence-corrected chi connectivity index (χ3v) is 4.05. The molecule has 0 aromatic heterocycles. The van der Waals surface area contributed by atoms with E-state index in [0.717, 1.165) is 24.3 Å². The smallest absolute Gasteiger partial charge is 0.266 e. The number of carbonyl (C=O) groups excluding carboxylic acids is 1. The zero-order valence-corrected chi connectivity index (χ0v) is 15.0. The fourth-order valence-corrected chi connectivity index (χ4v) is 2.54. The van der Waals surface area contributed by atoms with Crippen LogP contribution in [0.4, 0.5) is 11.4 Å². The second-order valence-electron chi connectivity index (χ2n) is 5.39. The van der Waals surface area contributed by atoms with Crippen molar-refractivity contribution in [2.45, 2.75) is 13.8 Å². The normalized spacial score (nSPS) is 10.9. The lowest BCUT2D eigenvalue weighted by molar-refractivity contribution is -0.112. The van der Waals surface area contributed by atoms with Crippen LogP contribution < -0.4 is 10.2 Å². The Morgan fingerprint density at radius 1 is 1.12 bits per heavy atom. The summed E-state index contributed by atoms with van der Waals surface area (Å²) in [4.78, 5) is 14.5. The summed E-state index contributed by atoms with van der Waals surface area (Å²) in [6, 6.07) is 16.5. The lowest BCUT2D eigenvalue weighted by Gasteiger charge is -2.20. The van der Waals surface area contributed by atoms with Gasteiger partial charge in [-0.1, -0.05) is 23.7 Å². The van der Waals surface area contributed by atoms with Crippen molar-refractivity contribution in [1.82, 2.24) is 0 Å². The van der Waals surface area contributed by atoms with Crippen LogP contribution in [-0.2, 0) is 4.79 Å². The van der Waals surface area contributed by atoms with Gasteiger partial charge in [-0.25, -0.2) is 0 Å². The van der Waals surface area contributed by atoms with E-state index in [-0.39, 0.29) is 5.57 Å². The fraction of sp³-hybridized carbons (Fsp3) is 0.200. The molecule has 2 aromatic rings. The third kappa shape index (κ3) is 5.10. The minimum absolute atomic E-state index is 0.0468. The van der Waals surface area contributed by atoms with Crippen LogP contribution in [0.5, 0.6) is 0 Å². The van der Waals surface area contributed by atoms with Gasteiger partial charge in [0.05, 0.1) is 0 Å². The molecule has 0 spiro atoms. The number of anilines is 2. The van der Waals surface area contributed by atoms with Gasteiger partial charge in [-0.3, -0.25) is 4.79 Å². The molecule has 0 atom stereocenters. The highest BCUT2D eigenvalue weighted by Crippen LogP contribution is 2.18. The Labute approximate surface area is 153 Å². The number of halogens is 1. The molecule has 1 N–H and O–H groups in total. The number of carbonyl (C=O) groups is 1. The predicted molar refractivity (Wildman–Crippen MR) is 104 cm³/mol. The number of hydrogen-bond donors (Lipinski definition) is 1. The molecule has 0 unspecified atom stereocenters. The van der Waals surface area contributed by atoms with Gasteiger partial charge >= 0.3 is 0 Å². The van der Waals surface area contributed by atoms with E-state index in [1.807, 2.05) is 30.3 Å². The van der Waals surface area contributed by atoms with Gasteiger partial charge < -0.3 is 10.2 Å². The summed E-state index contributed by atoms with van der Waals surface area (Å²) in [5, 5.41) is 12.6. The first-order valence-electron chi connectivity index (χ1n) is 8.11. The lowest BCUT2D eigenvalue weighted by atomic mass is 10.1. The molecule has 0 radical (unpaired) electrons. The van der Waals surface area contributed by atoms with Gasteiger partial charge in [0.1, 0.15) is 11.6 Å². The molecule has 0 aliphatic heterocycles. The van der Waals surface area contributed by atoms with E-state index in [4.69, 9.17) is 11.6 Å². The van der Waals surface area contributed by atoms with Crippen molar-refractivity contribution in [2.75, 3.05) is 23.3 Å². The largest absolute Gasteiger partial charge is 0.372 e. The van der Waals surface area contributed by atoms with Crippen molar-refractivity contribution >= 4 is 35.0 Å². The van der Waals surface area contributed by atoms with Crippen LogP contribution in [0.15, 0.2) is 54.1 Å². The molecule has 2 aromatic carbocycles. The summed E-state index contributed by atoms with van der Waals surface area (Å²) in [7, 11) is 0. The number of nitrogens with one attached hydrogen (secondary N) is 1. The van der Waals surface area contributed by atoms with E-state index in [0.29, 0.717) is 10.7 Å². The minimum Gasteiger partial charge on any atom is -0.372 e. The molecule has 0 aliphatic carbocycles. The molecule has 2 rings (SSSR count). The van der Waals surface area contributed by atoms with Crippen LogP contribution in [0.25, 0.3) is 6.08 Å². The molecule has 4 nitrogen and oxygen atoms in total. The highest BCUT2D eigenvalue weighted by molar-refractivity contribution is 6.30. The molecule has 0 heterocycles. The Morgan fingerprint density at radius 3 is 2.24 bits per heavy atom. The Morgan fingerprint density at radius 2 is 1.72 bits per heavy atom. The quantitative estimate of drug-likeness (QED) is 0.603. The van der Waals surface area contributed by atoms with Crippen molar-refractivity contribution in [3.8, 4) is 6.07 Å². The predicted octanol–water partition coefficient (Wildman–Crippen LogP) is 4.73. The third-order valence-electron chi connectivity index (χ3n) is 3.80. The van der Waals surface area contributed by atoms with E-state index in [2.05, 4.69) is 24.1 Å². The van der Waals surface area contributed by atoms with Crippen LogP contribution in [-0.4, -0.2) is 19.0 Å². The Kier molecular flexibility index (Phi) is 6.62. The molecular formula is C20H20ClN3O. The van der Waals surface area contributed by atoms with Gasteiger partial charge in [0.15, 0.2) is 0 Å². The minimum atomic E-state index is -0.447. The van der Waals surface area contributed by atoms with Gasteiger partial charge in [0.2, 0.25) is 0 Å².